The predicted octanol–water partition coefficient (Wildman–Crippen LogP) is 2.45. The van der Waals surface area contributed by atoms with Gasteiger partial charge in [-0.15, -0.1) is 24.8 Å². The van der Waals surface area contributed by atoms with Crippen LogP contribution < -0.4 is 10.6 Å². The molecular formula is C17H29Cl2N3O. The number of amides is 1. The summed E-state index contributed by atoms with van der Waals surface area (Å²) in [5.41, 5.74) is 2.46. The molecule has 4 nitrogen and oxygen atoms in total. The molecule has 0 aromatic heterocycles. The van der Waals surface area contributed by atoms with Gasteiger partial charge in [-0.05, 0) is 43.7 Å². The molecule has 1 unspecified atom stereocenters. The van der Waals surface area contributed by atoms with E-state index in [1.807, 2.05) is 6.92 Å². The van der Waals surface area contributed by atoms with E-state index in [1.54, 1.807) is 0 Å². The number of hydrogen-bond donors (Lipinski definition) is 2. The first-order valence-electron chi connectivity index (χ1n) is 7.85. The topological polar surface area (TPSA) is 44.4 Å². The number of nitrogens with one attached hydrogen (secondary N) is 2. The van der Waals surface area contributed by atoms with E-state index in [0.29, 0.717) is 12.5 Å². The molecule has 0 bridgehead atoms. The summed E-state index contributed by atoms with van der Waals surface area (Å²) in [4.78, 5) is 14.4. The van der Waals surface area contributed by atoms with Crippen LogP contribution in [-0.4, -0.2) is 37.5 Å². The Morgan fingerprint density at radius 1 is 1.35 bits per heavy atom. The van der Waals surface area contributed by atoms with Crippen LogP contribution in [0.15, 0.2) is 24.3 Å². The minimum Gasteiger partial charge on any atom is -0.352 e. The van der Waals surface area contributed by atoms with E-state index >= 15 is 0 Å². The maximum absolute atomic E-state index is 12.1. The van der Waals surface area contributed by atoms with Crippen molar-refractivity contribution in [3.05, 3.63) is 35.4 Å². The van der Waals surface area contributed by atoms with Crippen LogP contribution in [0.2, 0.25) is 0 Å². The van der Waals surface area contributed by atoms with Crippen molar-refractivity contribution in [2.75, 3.05) is 26.7 Å². The molecule has 1 saturated heterocycles. The lowest BCUT2D eigenvalue weighted by Crippen LogP contribution is -2.49. The molecule has 2 N–H and O–H groups in total. The number of rotatable bonds is 7. The summed E-state index contributed by atoms with van der Waals surface area (Å²) in [6.45, 7) is 8.71. The Morgan fingerprint density at radius 3 is 2.57 bits per heavy atom. The van der Waals surface area contributed by atoms with E-state index < -0.39 is 0 Å². The van der Waals surface area contributed by atoms with E-state index in [1.165, 1.54) is 11.1 Å². The third-order valence-electron chi connectivity index (χ3n) is 4.38. The van der Waals surface area contributed by atoms with Crippen molar-refractivity contribution in [2.45, 2.75) is 26.9 Å². The van der Waals surface area contributed by atoms with Gasteiger partial charge < -0.3 is 15.5 Å². The van der Waals surface area contributed by atoms with Gasteiger partial charge in [0, 0.05) is 19.0 Å². The molecule has 0 spiro atoms. The molecular weight excluding hydrogens is 333 g/mol. The summed E-state index contributed by atoms with van der Waals surface area (Å²) < 4.78 is 0. The summed E-state index contributed by atoms with van der Waals surface area (Å²) in [6.07, 6.45) is 0. The van der Waals surface area contributed by atoms with Crippen molar-refractivity contribution < 1.29 is 4.79 Å². The van der Waals surface area contributed by atoms with Crippen LogP contribution in [0, 0.1) is 11.8 Å². The highest BCUT2D eigenvalue weighted by molar-refractivity contribution is 5.85. The number of carbonyl (C=O) groups excluding carboxylic acids is 1. The van der Waals surface area contributed by atoms with Crippen LogP contribution in [0.1, 0.15) is 25.0 Å². The lowest BCUT2D eigenvalue weighted by molar-refractivity contribution is -0.126. The van der Waals surface area contributed by atoms with Crippen LogP contribution >= 0.6 is 24.8 Å². The van der Waals surface area contributed by atoms with E-state index in [9.17, 15) is 4.79 Å². The second-order valence-corrected chi connectivity index (χ2v) is 6.08. The van der Waals surface area contributed by atoms with Gasteiger partial charge in [0.25, 0.3) is 0 Å². The van der Waals surface area contributed by atoms with Crippen molar-refractivity contribution >= 4 is 30.7 Å². The highest BCUT2D eigenvalue weighted by Gasteiger charge is 2.28. The highest BCUT2D eigenvalue weighted by Crippen LogP contribution is 2.16. The van der Waals surface area contributed by atoms with Gasteiger partial charge in [-0.2, -0.15) is 0 Å². The Balaban J connectivity index is 0.00000242. The smallest absolute Gasteiger partial charge is 0.223 e. The fourth-order valence-electron chi connectivity index (χ4n) is 2.49. The largest absolute Gasteiger partial charge is 0.352 e. The zero-order valence-electron chi connectivity index (χ0n) is 14.2. The van der Waals surface area contributed by atoms with Gasteiger partial charge in [0.15, 0.2) is 0 Å². The fraction of sp³-hybridized carbons (Fsp3) is 0.588. The minimum atomic E-state index is 0. The minimum absolute atomic E-state index is 0. The maximum atomic E-state index is 12.1. The van der Waals surface area contributed by atoms with Crippen LogP contribution in [0.25, 0.3) is 0 Å². The standard InChI is InChI=1S/C17H27N3O.2ClH/c1-4-20(3)12-15-7-5-6-14(8-15)9-19-17(21)13(2)16-10-18-11-16;;/h5-8,13,16,18H,4,9-12H2,1-3H3,(H,19,21);2*1H. The third-order valence-corrected chi connectivity index (χ3v) is 4.38. The average molecular weight is 362 g/mol. The molecule has 1 aromatic rings. The zero-order chi connectivity index (χ0) is 15.2. The lowest BCUT2D eigenvalue weighted by Gasteiger charge is -2.31. The van der Waals surface area contributed by atoms with Crippen molar-refractivity contribution in [2.24, 2.45) is 11.8 Å². The molecule has 1 aliphatic rings. The molecule has 1 aliphatic heterocycles. The quantitative estimate of drug-likeness (QED) is 0.783. The molecule has 2 rings (SSSR count). The van der Waals surface area contributed by atoms with Crippen molar-refractivity contribution in [3.63, 3.8) is 0 Å². The molecule has 1 amide bonds. The second-order valence-electron chi connectivity index (χ2n) is 6.08. The molecule has 6 heteroatoms. The van der Waals surface area contributed by atoms with Crippen LogP contribution in [-0.2, 0) is 17.9 Å². The first kappa shape index (κ1) is 22.2. The Labute approximate surface area is 152 Å². The second kappa shape index (κ2) is 10.9. The Morgan fingerprint density at radius 2 is 2.00 bits per heavy atom. The normalized spacial score (nSPS) is 15.1. The van der Waals surface area contributed by atoms with Gasteiger partial charge in [-0.3, -0.25) is 4.79 Å². The van der Waals surface area contributed by atoms with E-state index in [-0.39, 0.29) is 36.6 Å². The Bertz CT molecular complexity index is 481. The third kappa shape index (κ3) is 6.68. The van der Waals surface area contributed by atoms with Gasteiger partial charge in [-0.1, -0.05) is 38.1 Å². The lowest BCUT2D eigenvalue weighted by atomic mass is 9.88. The Kier molecular flexibility index (Phi) is 10.5. The van der Waals surface area contributed by atoms with Crippen molar-refractivity contribution in [1.82, 2.24) is 15.5 Å². The van der Waals surface area contributed by atoms with Crippen LogP contribution in [0.5, 0.6) is 0 Å². The summed E-state index contributed by atoms with van der Waals surface area (Å²) in [5.74, 6) is 0.757. The van der Waals surface area contributed by atoms with E-state index in [4.69, 9.17) is 0 Å². The van der Waals surface area contributed by atoms with E-state index in [0.717, 1.165) is 26.2 Å². The van der Waals surface area contributed by atoms with Crippen molar-refractivity contribution in [3.8, 4) is 0 Å². The molecule has 1 heterocycles. The number of halogens is 2. The van der Waals surface area contributed by atoms with Gasteiger partial charge in [-0.25, -0.2) is 0 Å². The number of benzene rings is 1. The summed E-state index contributed by atoms with van der Waals surface area (Å²) in [6, 6.07) is 8.47. The summed E-state index contributed by atoms with van der Waals surface area (Å²) >= 11 is 0. The molecule has 23 heavy (non-hydrogen) atoms. The molecule has 1 aromatic carbocycles. The summed E-state index contributed by atoms with van der Waals surface area (Å²) in [5, 5.41) is 6.28. The van der Waals surface area contributed by atoms with Crippen molar-refractivity contribution in [1.29, 1.82) is 0 Å². The number of hydrogen-bond acceptors (Lipinski definition) is 3. The number of nitrogens with zero attached hydrogens (tertiary/aromatic N) is 1. The number of carbonyl (C=O) groups is 1. The van der Waals surface area contributed by atoms with Crippen LogP contribution in [0.4, 0.5) is 0 Å². The zero-order valence-corrected chi connectivity index (χ0v) is 15.8. The first-order chi connectivity index (χ1) is 10.1. The Hall–Kier alpha value is -0.810. The van der Waals surface area contributed by atoms with E-state index in [2.05, 4.69) is 53.8 Å². The monoisotopic (exact) mass is 361 g/mol. The van der Waals surface area contributed by atoms with Crippen LogP contribution in [0.3, 0.4) is 0 Å². The SMILES string of the molecule is CCN(C)Cc1cccc(CNC(=O)C(C)C2CNC2)c1.Cl.Cl. The fourth-order valence-corrected chi connectivity index (χ4v) is 2.49. The molecule has 132 valence electrons. The van der Waals surface area contributed by atoms with Gasteiger partial charge in [0.2, 0.25) is 5.91 Å². The summed E-state index contributed by atoms with van der Waals surface area (Å²) in [7, 11) is 2.11. The first-order valence-corrected chi connectivity index (χ1v) is 7.85. The molecule has 1 fully saturated rings. The average Bonchev–Trinajstić information content (AvgIpc) is 2.43. The predicted molar refractivity (Wildman–Crippen MR) is 100 cm³/mol. The highest BCUT2D eigenvalue weighted by atomic mass is 35.5. The van der Waals surface area contributed by atoms with Gasteiger partial charge in [0.05, 0.1) is 0 Å². The molecule has 0 aliphatic carbocycles. The van der Waals surface area contributed by atoms with Gasteiger partial charge in [0.1, 0.15) is 0 Å². The molecule has 1 atom stereocenters. The van der Waals surface area contributed by atoms with Gasteiger partial charge >= 0.3 is 0 Å². The maximum Gasteiger partial charge on any atom is 0.223 e. The molecule has 0 saturated carbocycles. The molecule has 0 radical (unpaired) electrons.